The van der Waals surface area contributed by atoms with Gasteiger partial charge in [-0.2, -0.15) is 13.2 Å². The molecule has 0 saturated carbocycles. The quantitative estimate of drug-likeness (QED) is 0.440. The van der Waals surface area contributed by atoms with Crippen LogP contribution in [0.3, 0.4) is 0 Å². The number of nitrogens with one attached hydrogen (secondary N) is 2. The maximum atomic E-state index is 12.8. The summed E-state index contributed by atoms with van der Waals surface area (Å²) in [7, 11) is 0. The Morgan fingerprint density at radius 2 is 1.87 bits per heavy atom. The van der Waals surface area contributed by atoms with Gasteiger partial charge in [0.15, 0.2) is 0 Å². The van der Waals surface area contributed by atoms with Crippen molar-refractivity contribution in [3.05, 3.63) is 41.2 Å². The number of piperidine rings is 1. The standard InChI is InChI=1S/C20H21N7O4.C2HF3O2/c28-17-4-3-16(19(30)22-17)26-8-12-7-14(1-2-15(12)20(26)31)27-10-13(23-24-27)9-25-6-5-21-18(29)11-25;3-2(4,5)1(6)7/h1-2,7,10,16H,3-6,8-9,11H2,(H,21,29)(H,22,28,30);(H,6,7). The molecule has 38 heavy (non-hydrogen) atoms. The molecule has 0 bridgehead atoms. The fraction of sp³-hybridized carbons (Fsp3) is 0.409. The molecule has 2 fully saturated rings. The number of hydrogen-bond acceptors (Lipinski definition) is 8. The molecule has 4 amide bonds. The van der Waals surface area contributed by atoms with E-state index in [2.05, 4.69) is 20.9 Å². The minimum Gasteiger partial charge on any atom is -0.475 e. The van der Waals surface area contributed by atoms with Gasteiger partial charge in [-0.25, -0.2) is 9.48 Å². The Morgan fingerprint density at radius 3 is 2.53 bits per heavy atom. The Kier molecular flexibility index (Phi) is 7.43. The first-order chi connectivity index (χ1) is 17.9. The third-order valence-corrected chi connectivity index (χ3v) is 6.06. The van der Waals surface area contributed by atoms with Gasteiger partial charge >= 0.3 is 12.1 Å². The van der Waals surface area contributed by atoms with Gasteiger partial charge < -0.3 is 15.3 Å². The van der Waals surface area contributed by atoms with Crippen LogP contribution in [0.5, 0.6) is 0 Å². The average molecular weight is 537 g/mol. The van der Waals surface area contributed by atoms with Gasteiger partial charge in [0, 0.05) is 38.2 Å². The lowest BCUT2D eigenvalue weighted by Gasteiger charge is -2.29. The van der Waals surface area contributed by atoms with Crippen molar-refractivity contribution in [3.63, 3.8) is 0 Å². The van der Waals surface area contributed by atoms with Crippen LogP contribution in [0.4, 0.5) is 13.2 Å². The van der Waals surface area contributed by atoms with E-state index < -0.39 is 24.1 Å². The molecule has 16 heteroatoms. The fourth-order valence-corrected chi connectivity index (χ4v) is 4.26. The predicted molar refractivity (Wildman–Crippen MR) is 119 cm³/mol. The fourth-order valence-electron chi connectivity index (χ4n) is 4.26. The van der Waals surface area contributed by atoms with E-state index in [9.17, 15) is 32.3 Å². The number of carbonyl (C=O) groups is 5. The van der Waals surface area contributed by atoms with Gasteiger partial charge in [0.2, 0.25) is 17.7 Å². The summed E-state index contributed by atoms with van der Waals surface area (Å²) in [6.45, 7) is 2.55. The van der Waals surface area contributed by atoms with Crippen molar-refractivity contribution in [2.45, 2.75) is 38.1 Å². The van der Waals surface area contributed by atoms with Gasteiger partial charge in [0.25, 0.3) is 5.91 Å². The molecule has 1 aromatic carbocycles. The number of alkyl halides is 3. The summed E-state index contributed by atoms with van der Waals surface area (Å²) in [4.78, 5) is 60.4. The number of amides is 4. The summed E-state index contributed by atoms with van der Waals surface area (Å²) in [6.07, 6.45) is -2.72. The molecule has 2 saturated heterocycles. The summed E-state index contributed by atoms with van der Waals surface area (Å²) >= 11 is 0. The Labute approximate surface area is 212 Å². The number of fused-ring (bicyclic) bond motifs is 1. The van der Waals surface area contributed by atoms with E-state index in [4.69, 9.17) is 9.90 Å². The van der Waals surface area contributed by atoms with E-state index in [0.29, 0.717) is 38.2 Å². The van der Waals surface area contributed by atoms with Crippen molar-refractivity contribution in [2.75, 3.05) is 19.6 Å². The van der Waals surface area contributed by atoms with E-state index in [-0.39, 0.29) is 24.1 Å². The first-order valence-electron chi connectivity index (χ1n) is 11.4. The highest BCUT2D eigenvalue weighted by atomic mass is 19.4. The number of imide groups is 1. The summed E-state index contributed by atoms with van der Waals surface area (Å²) in [5.74, 6) is -3.70. The minimum absolute atomic E-state index is 0.00231. The van der Waals surface area contributed by atoms with Crippen molar-refractivity contribution < 1.29 is 42.3 Å². The number of benzene rings is 1. The Bertz CT molecular complexity index is 1290. The molecule has 202 valence electrons. The van der Waals surface area contributed by atoms with Gasteiger partial charge in [-0.15, -0.1) is 5.10 Å². The Balaban J connectivity index is 0.000000426. The summed E-state index contributed by atoms with van der Waals surface area (Å²) in [5, 5.41) is 20.6. The molecule has 1 unspecified atom stereocenters. The van der Waals surface area contributed by atoms with Crippen LogP contribution in [0.25, 0.3) is 5.69 Å². The number of aliphatic carboxylic acids is 1. The predicted octanol–water partition coefficient (Wildman–Crippen LogP) is -0.407. The molecule has 3 aliphatic heterocycles. The van der Waals surface area contributed by atoms with E-state index >= 15 is 0 Å². The third kappa shape index (κ3) is 5.96. The molecule has 3 N–H and O–H groups in total. The second-order valence-electron chi connectivity index (χ2n) is 8.76. The molecule has 3 aliphatic rings. The van der Waals surface area contributed by atoms with Crippen molar-refractivity contribution in [1.82, 2.24) is 35.4 Å². The first kappa shape index (κ1) is 26.7. The van der Waals surface area contributed by atoms with Gasteiger partial charge in [0.05, 0.1) is 24.1 Å². The van der Waals surface area contributed by atoms with Crippen molar-refractivity contribution in [3.8, 4) is 5.69 Å². The third-order valence-electron chi connectivity index (χ3n) is 6.06. The van der Waals surface area contributed by atoms with Crippen molar-refractivity contribution in [2.24, 2.45) is 0 Å². The molecule has 0 aliphatic carbocycles. The number of carboxylic acid groups (broad SMARTS) is 1. The second kappa shape index (κ2) is 10.6. The lowest BCUT2D eigenvalue weighted by molar-refractivity contribution is -0.192. The van der Waals surface area contributed by atoms with Crippen LogP contribution < -0.4 is 10.6 Å². The highest BCUT2D eigenvalue weighted by molar-refractivity contribution is 6.05. The zero-order chi connectivity index (χ0) is 27.6. The van der Waals surface area contributed by atoms with Crippen LogP contribution in [-0.4, -0.2) is 91.4 Å². The smallest absolute Gasteiger partial charge is 0.475 e. The molecular formula is C22H22F3N7O6. The van der Waals surface area contributed by atoms with Gasteiger partial charge in [0.1, 0.15) is 6.04 Å². The van der Waals surface area contributed by atoms with E-state index in [1.807, 2.05) is 17.2 Å². The molecule has 1 atom stereocenters. The largest absolute Gasteiger partial charge is 0.490 e. The van der Waals surface area contributed by atoms with E-state index in [1.54, 1.807) is 16.8 Å². The number of carboxylic acids is 1. The molecule has 2 aromatic rings. The van der Waals surface area contributed by atoms with Crippen LogP contribution in [-0.2, 0) is 32.3 Å². The van der Waals surface area contributed by atoms with Gasteiger partial charge in [-0.05, 0) is 30.2 Å². The molecule has 1 aromatic heterocycles. The summed E-state index contributed by atoms with van der Waals surface area (Å²) in [6, 6.07) is 4.75. The first-order valence-corrected chi connectivity index (χ1v) is 11.4. The zero-order valence-electron chi connectivity index (χ0n) is 19.7. The monoisotopic (exact) mass is 537 g/mol. The van der Waals surface area contributed by atoms with Crippen LogP contribution in [0.1, 0.15) is 34.5 Å². The number of rotatable bonds is 4. The Hall–Kier alpha value is -4.34. The second-order valence-corrected chi connectivity index (χ2v) is 8.76. The summed E-state index contributed by atoms with van der Waals surface area (Å²) in [5.41, 5.74) is 2.85. The van der Waals surface area contributed by atoms with Crippen LogP contribution in [0.15, 0.2) is 24.4 Å². The molecule has 13 nitrogen and oxygen atoms in total. The van der Waals surface area contributed by atoms with Crippen LogP contribution >= 0.6 is 0 Å². The molecular weight excluding hydrogens is 515 g/mol. The lowest BCUT2D eigenvalue weighted by atomic mass is 10.0. The number of piperazine rings is 1. The maximum absolute atomic E-state index is 12.8. The minimum atomic E-state index is -5.08. The number of nitrogens with zero attached hydrogens (tertiary/aromatic N) is 5. The number of carbonyl (C=O) groups excluding carboxylic acids is 4. The molecule has 0 spiro atoms. The lowest BCUT2D eigenvalue weighted by Crippen LogP contribution is -2.52. The Morgan fingerprint density at radius 1 is 1.13 bits per heavy atom. The van der Waals surface area contributed by atoms with Gasteiger partial charge in [-0.1, -0.05) is 5.21 Å². The SMILES string of the molecule is O=C(O)C(F)(F)F.O=C1CN(Cc2cn(-c3ccc4c(c3)CN(C3CCC(=O)NC3=O)C4=O)nn2)CCN1. The van der Waals surface area contributed by atoms with E-state index in [0.717, 1.165) is 23.5 Å². The highest BCUT2D eigenvalue weighted by Crippen LogP contribution is 2.29. The number of aromatic nitrogens is 3. The molecule has 0 radical (unpaired) electrons. The average Bonchev–Trinajstić information content (AvgIpc) is 3.43. The number of hydrogen-bond donors (Lipinski definition) is 3. The van der Waals surface area contributed by atoms with Crippen LogP contribution in [0.2, 0.25) is 0 Å². The topological polar surface area (TPSA) is 167 Å². The zero-order valence-corrected chi connectivity index (χ0v) is 19.7. The molecule has 5 rings (SSSR count). The normalized spacial score (nSPS) is 19.9. The van der Waals surface area contributed by atoms with Gasteiger partial charge in [-0.3, -0.25) is 29.4 Å². The van der Waals surface area contributed by atoms with Crippen LogP contribution in [0, 0.1) is 0 Å². The van der Waals surface area contributed by atoms with E-state index in [1.165, 1.54) is 4.90 Å². The maximum Gasteiger partial charge on any atom is 0.490 e. The van der Waals surface area contributed by atoms with Crippen molar-refractivity contribution >= 4 is 29.6 Å². The summed E-state index contributed by atoms with van der Waals surface area (Å²) < 4.78 is 33.4. The molecule has 4 heterocycles. The number of halogens is 3. The highest BCUT2D eigenvalue weighted by Gasteiger charge is 2.39. The van der Waals surface area contributed by atoms with Crippen molar-refractivity contribution in [1.29, 1.82) is 0 Å².